The minimum absolute atomic E-state index is 1.22. The molecule has 0 radical (unpaired) electrons. The Bertz CT molecular complexity index is 6290. The number of fused-ring (bicyclic) bond motifs is 20. The van der Waals surface area contributed by atoms with Gasteiger partial charge in [-0.05, 0) is 226 Å². The van der Waals surface area contributed by atoms with Gasteiger partial charge in [0.2, 0.25) is 0 Å². The maximum atomic E-state index is 2.41. The van der Waals surface area contributed by atoms with Crippen LogP contribution in [0.1, 0.15) is 0 Å². The molecular formula is C92H56. The van der Waals surface area contributed by atoms with E-state index in [4.69, 9.17) is 0 Å². The maximum absolute atomic E-state index is 2.41. The number of benzene rings is 20. The lowest BCUT2D eigenvalue weighted by atomic mass is 9.85. The highest BCUT2D eigenvalue weighted by molar-refractivity contribution is 6.35. The Morgan fingerprint density at radius 1 is 0.109 bits per heavy atom. The van der Waals surface area contributed by atoms with E-state index in [2.05, 4.69) is 340 Å². The summed E-state index contributed by atoms with van der Waals surface area (Å²) in [5.74, 6) is 0. The lowest BCUT2D eigenvalue weighted by molar-refractivity contribution is 1.62. The average molecular weight is 1160 g/mol. The minimum atomic E-state index is 1.22. The molecule has 0 fully saturated rings. The predicted molar refractivity (Wildman–Crippen MR) is 399 cm³/mol. The van der Waals surface area contributed by atoms with Crippen molar-refractivity contribution in [2.45, 2.75) is 0 Å². The van der Waals surface area contributed by atoms with Crippen molar-refractivity contribution >= 4 is 140 Å². The summed E-state index contributed by atoms with van der Waals surface area (Å²) in [5.41, 5.74) is 12.4. The van der Waals surface area contributed by atoms with Crippen LogP contribution in [0.4, 0.5) is 0 Å². The van der Waals surface area contributed by atoms with Crippen molar-refractivity contribution in [1.82, 2.24) is 0 Å². The molecule has 20 aromatic carbocycles. The van der Waals surface area contributed by atoms with Crippen molar-refractivity contribution < 1.29 is 0 Å². The van der Waals surface area contributed by atoms with Gasteiger partial charge in [0.05, 0.1) is 0 Å². The lowest BCUT2D eigenvalue weighted by Gasteiger charge is -2.18. The standard InChI is InChI=1S/C48H30.C44H26/c1-2-11-31(12-3-1)34-21-24-44-45-26-23-36(30-48(45)42-20-9-8-19-41(42)46(44)28-34)33-14-10-13-32(27-33)35-22-25-43-39-17-5-4-15-37(39)38-16-6-7-18-40(38)47(43)29-35;1-2-13-30(29(12-1)28-22-23-36-33-16-4-3-14-31(33)32-15-5-6-17-34(32)42(36)26-28)35-24-25-41-39-19-8-11-27-10-7-18-38(43(27)39)40-21-9-20-37(35)44(40)41/h1-30H;1-26H. The van der Waals surface area contributed by atoms with Gasteiger partial charge in [-0.25, -0.2) is 0 Å². The molecule has 0 aromatic heterocycles. The summed E-state index contributed by atoms with van der Waals surface area (Å²) in [4.78, 5) is 0. The average Bonchev–Trinajstić information content (AvgIpc) is 0.739. The van der Waals surface area contributed by atoms with Gasteiger partial charge in [-0.3, -0.25) is 0 Å². The minimum Gasteiger partial charge on any atom is -0.0622 e. The van der Waals surface area contributed by atoms with Gasteiger partial charge in [0.1, 0.15) is 0 Å². The van der Waals surface area contributed by atoms with Gasteiger partial charge in [-0.1, -0.05) is 309 Å². The van der Waals surface area contributed by atoms with Crippen LogP contribution in [0.5, 0.6) is 0 Å². The van der Waals surface area contributed by atoms with Gasteiger partial charge in [0.15, 0.2) is 0 Å². The van der Waals surface area contributed by atoms with E-state index >= 15 is 0 Å². The van der Waals surface area contributed by atoms with Crippen LogP contribution in [0.15, 0.2) is 340 Å². The maximum Gasteiger partial charge on any atom is -0.00201 e. The Balaban J connectivity index is 0.000000132. The monoisotopic (exact) mass is 1160 g/mol. The molecule has 0 unspecified atom stereocenters. The third-order valence-corrected chi connectivity index (χ3v) is 20.0. The summed E-state index contributed by atoms with van der Waals surface area (Å²) in [7, 11) is 0. The van der Waals surface area contributed by atoms with Crippen molar-refractivity contribution in [1.29, 1.82) is 0 Å². The van der Waals surface area contributed by atoms with Gasteiger partial charge in [-0.15, -0.1) is 0 Å². The molecule has 0 nitrogen and oxygen atoms in total. The smallest absolute Gasteiger partial charge is 0.00201 e. The van der Waals surface area contributed by atoms with Crippen LogP contribution in [0.3, 0.4) is 0 Å². The van der Waals surface area contributed by atoms with E-state index in [1.165, 1.54) is 196 Å². The Hall–Kier alpha value is -12.0. The van der Waals surface area contributed by atoms with Gasteiger partial charge < -0.3 is 0 Å². The normalized spacial score (nSPS) is 11.9. The molecule has 0 amide bonds. The zero-order valence-electron chi connectivity index (χ0n) is 50.3. The second kappa shape index (κ2) is 20.8. The van der Waals surface area contributed by atoms with E-state index in [9.17, 15) is 0 Å². The molecule has 0 aliphatic heterocycles. The highest BCUT2D eigenvalue weighted by Crippen LogP contribution is 2.47. The third-order valence-electron chi connectivity index (χ3n) is 20.0. The first-order valence-corrected chi connectivity index (χ1v) is 32.0. The second-order valence-corrected chi connectivity index (χ2v) is 24.9. The van der Waals surface area contributed by atoms with E-state index in [0.717, 1.165) is 0 Å². The lowest BCUT2D eigenvalue weighted by Crippen LogP contribution is -1.91. The van der Waals surface area contributed by atoms with Crippen molar-refractivity contribution in [3.05, 3.63) is 340 Å². The molecule has 0 N–H and O–H groups in total. The summed E-state index contributed by atoms with van der Waals surface area (Å²) in [6, 6.07) is 126. The fraction of sp³-hybridized carbons (Fsp3) is 0. The SMILES string of the molecule is c1ccc(-c2ccc3c4ccc(-c5cccc(-c6ccc7c8ccccc8c8ccccc8c7c6)c5)cc4c4ccccc4c3c2)cc1.c1ccc(-c2ccc3c4cccc5cccc(c6cccc2c63)c54)c(-c2ccc3c4ccccc4c4ccccc4c3c2)c1. The van der Waals surface area contributed by atoms with Gasteiger partial charge in [0, 0.05) is 0 Å². The van der Waals surface area contributed by atoms with Gasteiger partial charge >= 0.3 is 0 Å². The number of rotatable bonds is 5. The Kier molecular flexibility index (Phi) is 11.8. The highest BCUT2D eigenvalue weighted by Gasteiger charge is 2.19. The van der Waals surface area contributed by atoms with Crippen LogP contribution in [-0.4, -0.2) is 0 Å². The molecule has 20 rings (SSSR count). The Labute approximate surface area is 532 Å². The Morgan fingerprint density at radius 2 is 0.380 bits per heavy atom. The molecule has 0 atom stereocenters. The quantitative estimate of drug-likeness (QED) is 0.119. The van der Waals surface area contributed by atoms with E-state index < -0.39 is 0 Å². The molecule has 0 aliphatic rings. The molecule has 0 bridgehead atoms. The summed E-state index contributed by atoms with van der Waals surface area (Å²) in [6.45, 7) is 0. The first kappa shape index (κ1) is 52.0. The van der Waals surface area contributed by atoms with E-state index in [0.29, 0.717) is 0 Å². The third kappa shape index (κ3) is 8.11. The molecule has 0 aliphatic carbocycles. The molecule has 0 spiro atoms. The van der Waals surface area contributed by atoms with E-state index in [1.54, 1.807) is 0 Å². The summed E-state index contributed by atoms with van der Waals surface area (Å²) >= 11 is 0. The van der Waals surface area contributed by atoms with Crippen LogP contribution >= 0.6 is 0 Å². The van der Waals surface area contributed by atoms with Crippen molar-refractivity contribution in [2.75, 3.05) is 0 Å². The molecule has 0 heterocycles. The van der Waals surface area contributed by atoms with Crippen LogP contribution in [0.25, 0.3) is 196 Å². The van der Waals surface area contributed by atoms with E-state index in [-0.39, 0.29) is 0 Å². The molecule has 92 heavy (non-hydrogen) atoms. The molecular weight excluding hydrogens is 1110 g/mol. The summed E-state index contributed by atoms with van der Waals surface area (Å²) < 4.78 is 0. The molecule has 0 saturated heterocycles. The van der Waals surface area contributed by atoms with Crippen LogP contribution < -0.4 is 0 Å². The van der Waals surface area contributed by atoms with Crippen LogP contribution in [-0.2, 0) is 0 Å². The number of hydrogen-bond acceptors (Lipinski definition) is 0. The van der Waals surface area contributed by atoms with Crippen molar-refractivity contribution in [3.63, 3.8) is 0 Å². The van der Waals surface area contributed by atoms with Crippen LogP contribution in [0.2, 0.25) is 0 Å². The fourth-order valence-electron chi connectivity index (χ4n) is 15.8. The first-order valence-electron chi connectivity index (χ1n) is 32.0. The summed E-state index contributed by atoms with van der Waals surface area (Å²) in [5, 5.41) is 34.0. The zero-order chi connectivity index (χ0) is 60.4. The van der Waals surface area contributed by atoms with Crippen molar-refractivity contribution in [2.24, 2.45) is 0 Å². The predicted octanol–water partition coefficient (Wildman–Crippen LogP) is 26.1. The fourth-order valence-corrected chi connectivity index (χ4v) is 15.8. The van der Waals surface area contributed by atoms with Gasteiger partial charge in [-0.2, -0.15) is 0 Å². The van der Waals surface area contributed by atoms with Crippen molar-refractivity contribution in [3.8, 4) is 55.6 Å². The van der Waals surface area contributed by atoms with E-state index in [1.807, 2.05) is 0 Å². The zero-order valence-corrected chi connectivity index (χ0v) is 50.3. The topological polar surface area (TPSA) is 0 Å². The Morgan fingerprint density at radius 3 is 0.837 bits per heavy atom. The largest absolute Gasteiger partial charge is 0.0622 e. The highest BCUT2D eigenvalue weighted by atomic mass is 14.2. The molecule has 0 saturated carbocycles. The summed E-state index contributed by atoms with van der Waals surface area (Å²) in [6.07, 6.45) is 0. The number of hydrogen-bond donors (Lipinski definition) is 0. The van der Waals surface area contributed by atoms with Gasteiger partial charge in [0.25, 0.3) is 0 Å². The second-order valence-electron chi connectivity index (χ2n) is 24.9. The first-order chi connectivity index (χ1) is 45.6. The molecule has 424 valence electrons. The molecule has 20 aromatic rings. The molecule has 0 heteroatoms. The van der Waals surface area contributed by atoms with Crippen LogP contribution in [0, 0.1) is 0 Å².